The van der Waals surface area contributed by atoms with Gasteiger partial charge in [0.25, 0.3) is 0 Å². The van der Waals surface area contributed by atoms with Gasteiger partial charge in [-0.25, -0.2) is 4.98 Å². The molecular weight excluding hydrogens is 545 g/mol. The largest absolute Gasteiger partial charge is 0.573 e. The van der Waals surface area contributed by atoms with Gasteiger partial charge < -0.3 is 14.2 Å². The number of halogens is 9. The van der Waals surface area contributed by atoms with Crippen LogP contribution in [0.1, 0.15) is 0 Å². The lowest BCUT2D eigenvalue weighted by Crippen LogP contribution is -2.17. The zero-order valence-corrected chi connectivity index (χ0v) is 19.2. The van der Waals surface area contributed by atoms with Gasteiger partial charge in [0.15, 0.2) is 0 Å². The highest BCUT2D eigenvalue weighted by molar-refractivity contribution is 5.83. The second-order valence-electron chi connectivity index (χ2n) is 7.81. The van der Waals surface area contributed by atoms with E-state index in [-0.39, 0.29) is 5.69 Å². The summed E-state index contributed by atoms with van der Waals surface area (Å²) in [5, 5.41) is 0. The number of hydrogen-bond donors (Lipinski definition) is 0. The van der Waals surface area contributed by atoms with E-state index in [1.807, 2.05) is 0 Å². The molecule has 4 aromatic rings. The molecular formula is C26H14F9NO3. The average Bonchev–Trinajstić information content (AvgIpc) is 2.82. The number of rotatable bonds is 6. The first-order chi connectivity index (χ1) is 18.2. The summed E-state index contributed by atoms with van der Waals surface area (Å²) in [6.07, 6.45) is -14.7. The summed E-state index contributed by atoms with van der Waals surface area (Å²) in [4.78, 5) is 4.54. The molecule has 4 rings (SSSR count). The first kappa shape index (κ1) is 27.6. The first-order valence-corrected chi connectivity index (χ1v) is 10.7. The number of alkyl halides is 9. The van der Waals surface area contributed by atoms with Crippen LogP contribution in [-0.4, -0.2) is 24.1 Å². The molecule has 0 N–H and O–H groups in total. The summed E-state index contributed by atoms with van der Waals surface area (Å²) in [5.41, 5.74) is 2.05. The molecule has 0 radical (unpaired) electrons. The summed E-state index contributed by atoms with van der Waals surface area (Å²) < 4.78 is 124. The number of ether oxygens (including phenoxy) is 3. The second kappa shape index (κ2) is 10.4. The van der Waals surface area contributed by atoms with Crippen molar-refractivity contribution in [2.75, 3.05) is 0 Å². The highest BCUT2D eigenvalue weighted by atomic mass is 19.4. The van der Waals surface area contributed by atoms with E-state index in [2.05, 4.69) is 19.2 Å². The molecule has 0 saturated heterocycles. The van der Waals surface area contributed by atoms with Crippen LogP contribution in [0.3, 0.4) is 0 Å². The van der Waals surface area contributed by atoms with Gasteiger partial charge in [-0.2, -0.15) is 0 Å². The Morgan fingerprint density at radius 3 is 1.15 bits per heavy atom. The van der Waals surface area contributed by atoms with Crippen LogP contribution in [0.4, 0.5) is 39.5 Å². The lowest BCUT2D eigenvalue weighted by Gasteiger charge is -2.14. The fourth-order valence-corrected chi connectivity index (χ4v) is 3.55. The predicted molar refractivity (Wildman–Crippen MR) is 121 cm³/mol. The molecule has 0 aliphatic carbocycles. The van der Waals surface area contributed by atoms with Crippen LogP contribution in [0.25, 0.3) is 33.6 Å². The van der Waals surface area contributed by atoms with Gasteiger partial charge in [-0.15, -0.1) is 39.5 Å². The minimum atomic E-state index is -4.91. The molecule has 204 valence electrons. The standard InChI is InChI=1S/C26H14F9NO3/c27-24(28,29)37-18-7-1-15(2-8-18)21-13-14-22(16-3-9-19(10-4-16)38-25(30,31)32)36-23(21)17-5-11-20(12-6-17)39-26(33,34)35/h1-14H. The van der Waals surface area contributed by atoms with Crippen LogP contribution in [0.15, 0.2) is 84.9 Å². The highest BCUT2D eigenvalue weighted by Crippen LogP contribution is 2.36. The van der Waals surface area contributed by atoms with E-state index in [1.54, 1.807) is 6.07 Å². The molecule has 0 fully saturated rings. The van der Waals surface area contributed by atoms with Gasteiger partial charge in [-0.05, 0) is 72.3 Å². The maximum Gasteiger partial charge on any atom is 0.573 e. The van der Waals surface area contributed by atoms with Crippen molar-refractivity contribution >= 4 is 0 Å². The van der Waals surface area contributed by atoms with E-state index in [0.29, 0.717) is 27.9 Å². The quantitative estimate of drug-likeness (QED) is 0.222. The van der Waals surface area contributed by atoms with Gasteiger partial charge in [-0.1, -0.05) is 18.2 Å². The molecule has 3 aromatic carbocycles. The highest BCUT2D eigenvalue weighted by Gasteiger charge is 2.32. The normalized spacial score (nSPS) is 12.2. The Hall–Kier alpha value is -4.42. The van der Waals surface area contributed by atoms with Gasteiger partial charge in [-0.3, -0.25) is 0 Å². The summed E-state index contributed by atoms with van der Waals surface area (Å²) >= 11 is 0. The Bertz CT molecular complexity index is 1410. The molecule has 0 atom stereocenters. The smallest absolute Gasteiger partial charge is 0.406 e. The van der Waals surface area contributed by atoms with Crippen molar-refractivity contribution < 1.29 is 53.7 Å². The molecule has 13 heteroatoms. The fraction of sp³-hybridized carbons (Fsp3) is 0.115. The molecule has 0 aliphatic rings. The summed E-state index contributed by atoms with van der Waals surface area (Å²) in [5.74, 6) is -1.41. The fourth-order valence-electron chi connectivity index (χ4n) is 3.55. The summed E-state index contributed by atoms with van der Waals surface area (Å²) in [7, 11) is 0. The first-order valence-electron chi connectivity index (χ1n) is 10.7. The number of benzene rings is 3. The molecule has 1 aromatic heterocycles. The molecule has 0 saturated carbocycles. The number of hydrogen-bond acceptors (Lipinski definition) is 4. The van der Waals surface area contributed by atoms with Crippen LogP contribution < -0.4 is 14.2 Å². The molecule has 0 unspecified atom stereocenters. The number of aromatic nitrogens is 1. The van der Waals surface area contributed by atoms with Crippen molar-refractivity contribution in [3.63, 3.8) is 0 Å². The van der Waals surface area contributed by atoms with Crippen molar-refractivity contribution in [3.05, 3.63) is 84.9 Å². The lowest BCUT2D eigenvalue weighted by atomic mass is 9.97. The van der Waals surface area contributed by atoms with Crippen LogP contribution in [0, 0.1) is 0 Å². The second-order valence-corrected chi connectivity index (χ2v) is 7.81. The summed E-state index contributed by atoms with van der Waals surface area (Å²) in [6, 6.07) is 17.5. The maximum atomic E-state index is 12.6. The molecule has 0 spiro atoms. The van der Waals surface area contributed by atoms with Crippen LogP contribution in [0.5, 0.6) is 17.2 Å². The van der Waals surface area contributed by atoms with Crippen molar-refractivity contribution in [3.8, 4) is 50.9 Å². The SMILES string of the molecule is FC(F)(F)Oc1ccc(-c2ccc(-c3ccc(OC(F)(F)F)cc3)c(-c3ccc(OC(F)(F)F)cc3)n2)cc1. The molecule has 0 bridgehead atoms. The van der Waals surface area contributed by atoms with Gasteiger partial charge in [0.1, 0.15) is 17.2 Å². The Morgan fingerprint density at radius 2 is 0.769 bits per heavy atom. The number of pyridine rings is 1. The third-order valence-corrected chi connectivity index (χ3v) is 5.04. The van der Waals surface area contributed by atoms with Gasteiger partial charge in [0, 0.05) is 16.7 Å². The lowest BCUT2D eigenvalue weighted by molar-refractivity contribution is -0.275. The summed E-state index contributed by atoms with van der Waals surface area (Å²) in [6.45, 7) is 0. The number of nitrogens with zero attached hydrogens (tertiary/aromatic N) is 1. The van der Waals surface area contributed by atoms with Crippen molar-refractivity contribution in [1.29, 1.82) is 0 Å². The van der Waals surface area contributed by atoms with E-state index in [1.165, 1.54) is 42.5 Å². The topological polar surface area (TPSA) is 40.6 Å². The molecule has 0 aliphatic heterocycles. The third kappa shape index (κ3) is 7.79. The van der Waals surface area contributed by atoms with Crippen LogP contribution in [-0.2, 0) is 0 Å². The zero-order chi connectivity index (χ0) is 28.4. The van der Waals surface area contributed by atoms with Crippen LogP contribution in [0.2, 0.25) is 0 Å². The van der Waals surface area contributed by atoms with E-state index in [4.69, 9.17) is 0 Å². The maximum absolute atomic E-state index is 12.6. The van der Waals surface area contributed by atoms with Gasteiger partial charge in [0.05, 0.1) is 11.4 Å². The van der Waals surface area contributed by atoms with Crippen LogP contribution >= 0.6 is 0 Å². The Labute approximate surface area is 214 Å². The van der Waals surface area contributed by atoms with Crippen molar-refractivity contribution in [2.24, 2.45) is 0 Å². The van der Waals surface area contributed by atoms with Crippen molar-refractivity contribution in [2.45, 2.75) is 19.1 Å². The van der Waals surface area contributed by atoms with Gasteiger partial charge in [0.2, 0.25) is 0 Å². The molecule has 1 heterocycles. The minimum absolute atomic E-state index is 0.228. The minimum Gasteiger partial charge on any atom is -0.406 e. The monoisotopic (exact) mass is 559 g/mol. The van der Waals surface area contributed by atoms with E-state index in [9.17, 15) is 39.5 Å². The average molecular weight is 559 g/mol. The van der Waals surface area contributed by atoms with Crippen molar-refractivity contribution in [1.82, 2.24) is 4.98 Å². The molecule has 0 amide bonds. The Balaban J connectivity index is 1.74. The zero-order valence-electron chi connectivity index (χ0n) is 19.2. The van der Waals surface area contributed by atoms with Gasteiger partial charge >= 0.3 is 19.1 Å². The predicted octanol–water partition coefficient (Wildman–Crippen LogP) is 8.78. The van der Waals surface area contributed by atoms with E-state index >= 15 is 0 Å². The Kier molecular flexibility index (Phi) is 7.35. The Morgan fingerprint density at radius 1 is 0.410 bits per heavy atom. The molecule has 4 nitrogen and oxygen atoms in total. The van der Waals surface area contributed by atoms with E-state index < -0.39 is 36.3 Å². The third-order valence-electron chi connectivity index (χ3n) is 5.04. The van der Waals surface area contributed by atoms with E-state index in [0.717, 1.165) is 36.4 Å². The molecule has 39 heavy (non-hydrogen) atoms.